The second kappa shape index (κ2) is 2.84. The van der Waals surface area contributed by atoms with Gasteiger partial charge < -0.3 is 4.90 Å². The molecule has 0 spiro atoms. The summed E-state index contributed by atoms with van der Waals surface area (Å²) >= 11 is 0. The van der Waals surface area contributed by atoms with Gasteiger partial charge in [0.25, 0.3) is 0 Å². The quantitative estimate of drug-likeness (QED) is 0.683. The Morgan fingerprint density at radius 2 is 2.20 bits per heavy atom. The maximum atomic E-state index is 11.9. The molecule has 1 unspecified atom stereocenters. The SMILES string of the molecule is CCC12CCC(=O)N1c1ccccc1C2. The molecule has 1 aromatic rings. The molecule has 1 atom stereocenters. The first-order valence-corrected chi connectivity index (χ1v) is 5.68. The number of carbonyl (C=O) groups excluding carboxylic acids is 1. The van der Waals surface area contributed by atoms with Crippen molar-refractivity contribution in [2.75, 3.05) is 4.90 Å². The molecule has 15 heavy (non-hydrogen) atoms. The van der Waals surface area contributed by atoms with Crippen molar-refractivity contribution in [2.24, 2.45) is 0 Å². The molecule has 1 aromatic carbocycles. The zero-order valence-corrected chi connectivity index (χ0v) is 8.99. The predicted octanol–water partition coefficient (Wildman–Crippen LogP) is 2.52. The van der Waals surface area contributed by atoms with E-state index in [0.29, 0.717) is 5.91 Å². The molecule has 0 N–H and O–H groups in total. The van der Waals surface area contributed by atoms with Crippen LogP contribution in [-0.4, -0.2) is 11.4 Å². The van der Waals surface area contributed by atoms with Gasteiger partial charge in [0.15, 0.2) is 0 Å². The number of carbonyl (C=O) groups is 1. The highest BCUT2D eigenvalue weighted by Gasteiger charge is 2.49. The monoisotopic (exact) mass is 201 g/mol. The zero-order valence-electron chi connectivity index (χ0n) is 8.99. The van der Waals surface area contributed by atoms with Crippen LogP contribution in [0.3, 0.4) is 0 Å². The molecule has 3 rings (SSSR count). The Bertz CT molecular complexity index is 426. The molecule has 78 valence electrons. The number of nitrogens with zero attached hydrogens (tertiary/aromatic N) is 1. The minimum Gasteiger partial charge on any atom is -0.306 e. The number of hydrogen-bond donors (Lipinski definition) is 0. The molecule has 0 radical (unpaired) electrons. The van der Waals surface area contributed by atoms with Gasteiger partial charge in [-0.15, -0.1) is 0 Å². The first-order valence-electron chi connectivity index (χ1n) is 5.68. The fourth-order valence-corrected chi connectivity index (χ4v) is 3.08. The summed E-state index contributed by atoms with van der Waals surface area (Å²) in [6.07, 6.45) is 3.86. The second-order valence-corrected chi connectivity index (χ2v) is 4.61. The minimum absolute atomic E-state index is 0.112. The fraction of sp³-hybridized carbons (Fsp3) is 0.462. The minimum atomic E-state index is 0.112. The van der Waals surface area contributed by atoms with Crippen molar-refractivity contribution < 1.29 is 4.79 Å². The van der Waals surface area contributed by atoms with Crippen LogP contribution in [0.5, 0.6) is 0 Å². The molecule has 1 saturated heterocycles. The number of hydrogen-bond acceptors (Lipinski definition) is 1. The van der Waals surface area contributed by atoms with E-state index >= 15 is 0 Å². The Kier molecular flexibility index (Phi) is 1.70. The van der Waals surface area contributed by atoms with Crippen LogP contribution in [0.4, 0.5) is 5.69 Å². The first kappa shape index (κ1) is 8.96. The molecule has 2 heteroatoms. The summed E-state index contributed by atoms with van der Waals surface area (Å²) in [4.78, 5) is 14.0. The van der Waals surface area contributed by atoms with Gasteiger partial charge in [0.05, 0.1) is 5.54 Å². The summed E-state index contributed by atoms with van der Waals surface area (Å²) in [5, 5.41) is 0. The van der Waals surface area contributed by atoms with Crippen molar-refractivity contribution in [3.05, 3.63) is 29.8 Å². The standard InChI is InChI=1S/C13H15NO/c1-2-13-8-7-12(15)14(13)11-6-4-3-5-10(11)9-13/h3-6H,2,7-9H2,1H3. The molecule has 2 nitrogen and oxygen atoms in total. The van der Waals surface area contributed by atoms with Gasteiger partial charge in [0.1, 0.15) is 0 Å². The summed E-state index contributed by atoms with van der Waals surface area (Å²) in [6.45, 7) is 2.19. The average molecular weight is 201 g/mol. The summed E-state index contributed by atoms with van der Waals surface area (Å²) in [6, 6.07) is 8.32. The number of anilines is 1. The van der Waals surface area contributed by atoms with E-state index < -0.39 is 0 Å². The van der Waals surface area contributed by atoms with Crippen LogP contribution in [0.25, 0.3) is 0 Å². The van der Waals surface area contributed by atoms with E-state index in [-0.39, 0.29) is 5.54 Å². The number of amides is 1. The van der Waals surface area contributed by atoms with Crippen LogP contribution in [0, 0.1) is 0 Å². The number of benzene rings is 1. The van der Waals surface area contributed by atoms with Gasteiger partial charge in [-0.25, -0.2) is 0 Å². The molecule has 0 saturated carbocycles. The molecular formula is C13H15NO. The molecule has 2 heterocycles. The van der Waals surface area contributed by atoms with Gasteiger partial charge in [-0.2, -0.15) is 0 Å². The third-order valence-electron chi connectivity index (χ3n) is 3.94. The van der Waals surface area contributed by atoms with Gasteiger partial charge in [-0.1, -0.05) is 25.1 Å². The van der Waals surface area contributed by atoms with Gasteiger partial charge in [0, 0.05) is 12.1 Å². The van der Waals surface area contributed by atoms with Crippen LogP contribution in [0.2, 0.25) is 0 Å². The van der Waals surface area contributed by atoms with E-state index in [4.69, 9.17) is 0 Å². The fourth-order valence-electron chi connectivity index (χ4n) is 3.08. The Hall–Kier alpha value is -1.31. The maximum Gasteiger partial charge on any atom is 0.227 e. The summed E-state index contributed by atoms with van der Waals surface area (Å²) in [5.41, 5.74) is 2.61. The lowest BCUT2D eigenvalue weighted by Gasteiger charge is -2.31. The van der Waals surface area contributed by atoms with E-state index in [1.54, 1.807) is 0 Å². The summed E-state index contributed by atoms with van der Waals surface area (Å²) in [7, 11) is 0. The molecule has 0 aliphatic carbocycles. The van der Waals surface area contributed by atoms with Crippen molar-refractivity contribution >= 4 is 11.6 Å². The number of fused-ring (bicyclic) bond motifs is 3. The lowest BCUT2D eigenvalue weighted by Crippen LogP contribution is -2.42. The topological polar surface area (TPSA) is 20.3 Å². The Balaban J connectivity index is 2.15. The third kappa shape index (κ3) is 1.02. The Labute approximate surface area is 89.9 Å². The van der Waals surface area contributed by atoms with E-state index in [9.17, 15) is 4.79 Å². The molecule has 1 amide bonds. The van der Waals surface area contributed by atoms with Crippen molar-refractivity contribution in [3.8, 4) is 0 Å². The number of rotatable bonds is 1. The highest BCUT2D eigenvalue weighted by Crippen LogP contribution is 2.47. The second-order valence-electron chi connectivity index (χ2n) is 4.61. The van der Waals surface area contributed by atoms with E-state index in [2.05, 4.69) is 30.0 Å². The van der Waals surface area contributed by atoms with E-state index in [0.717, 1.165) is 31.4 Å². The highest BCUT2D eigenvalue weighted by atomic mass is 16.2. The van der Waals surface area contributed by atoms with Crippen molar-refractivity contribution in [2.45, 2.75) is 38.1 Å². The van der Waals surface area contributed by atoms with Crippen LogP contribution in [0.15, 0.2) is 24.3 Å². The lowest BCUT2D eigenvalue weighted by atomic mass is 9.89. The molecule has 0 bridgehead atoms. The molecular weight excluding hydrogens is 186 g/mol. The third-order valence-corrected chi connectivity index (χ3v) is 3.94. The normalized spacial score (nSPS) is 28.1. The Morgan fingerprint density at radius 3 is 3.00 bits per heavy atom. The smallest absolute Gasteiger partial charge is 0.227 e. The largest absolute Gasteiger partial charge is 0.306 e. The van der Waals surface area contributed by atoms with E-state index in [1.807, 2.05) is 6.07 Å². The first-order chi connectivity index (χ1) is 7.27. The molecule has 2 aliphatic rings. The van der Waals surface area contributed by atoms with E-state index in [1.165, 1.54) is 5.56 Å². The molecule has 0 aromatic heterocycles. The molecule has 1 fully saturated rings. The zero-order chi connectivity index (χ0) is 10.5. The average Bonchev–Trinajstić information content (AvgIpc) is 2.75. The van der Waals surface area contributed by atoms with Gasteiger partial charge in [-0.05, 0) is 30.9 Å². The van der Waals surface area contributed by atoms with Gasteiger partial charge in [-0.3, -0.25) is 4.79 Å². The Morgan fingerprint density at radius 1 is 1.40 bits per heavy atom. The predicted molar refractivity (Wildman–Crippen MR) is 59.9 cm³/mol. The van der Waals surface area contributed by atoms with Crippen LogP contribution in [-0.2, 0) is 11.2 Å². The van der Waals surface area contributed by atoms with Gasteiger partial charge in [0.2, 0.25) is 5.91 Å². The van der Waals surface area contributed by atoms with Crippen molar-refractivity contribution in [1.82, 2.24) is 0 Å². The lowest BCUT2D eigenvalue weighted by molar-refractivity contribution is -0.117. The van der Waals surface area contributed by atoms with Crippen LogP contribution >= 0.6 is 0 Å². The van der Waals surface area contributed by atoms with Crippen LogP contribution in [0.1, 0.15) is 31.7 Å². The number of para-hydroxylation sites is 1. The summed E-state index contributed by atoms with van der Waals surface area (Å²) in [5.74, 6) is 0.307. The van der Waals surface area contributed by atoms with Gasteiger partial charge >= 0.3 is 0 Å². The molecule has 2 aliphatic heterocycles. The van der Waals surface area contributed by atoms with Crippen molar-refractivity contribution in [3.63, 3.8) is 0 Å². The highest BCUT2D eigenvalue weighted by molar-refractivity contribution is 5.99. The summed E-state index contributed by atoms with van der Waals surface area (Å²) < 4.78 is 0. The maximum absolute atomic E-state index is 11.9. The van der Waals surface area contributed by atoms with Crippen LogP contribution < -0.4 is 4.90 Å². The van der Waals surface area contributed by atoms with Crippen molar-refractivity contribution in [1.29, 1.82) is 0 Å².